The molecule has 162 valence electrons. The molecule has 4 rings (SSSR count). The summed E-state index contributed by atoms with van der Waals surface area (Å²) in [6.45, 7) is 1.88. The van der Waals surface area contributed by atoms with E-state index < -0.39 is 14.9 Å². The lowest BCUT2D eigenvalue weighted by Crippen LogP contribution is -2.28. The highest BCUT2D eigenvalue weighted by Crippen LogP contribution is 2.30. The second-order valence-corrected chi connectivity index (χ2v) is 9.37. The number of nitrogens with zero attached hydrogens (tertiary/aromatic N) is 2. The molecule has 0 atom stereocenters. The maximum Gasteiger partial charge on any atom is 0.293 e. The summed E-state index contributed by atoms with van der Waals surface area (Å²) in [5.41, 5.74) is 1.04. The Morgan fingerprint density at radius 1 is 0.903 bits per heavy atom. The molecule has 9 heteroatoms. The van der Waals surface area contributed by atoms with Gasteiger partial charge in [0.05, 0.1) is 9.82 Å². The van der Waals surface area contributed by atoms with Gasteiger partial charge in [-0.15, -0.1) is 0 Å². The van der Waals surface area contributed by atoms with Crippen LogP contribution in [0.25, 0.3) is 10.8 Å². The molecule has 2 N–H and O–H groups in total. The summed E-state index contributed by atoms with van der Waals surface area (Å²) < 4.78 is 26.8. The average Bonchev–Trinajstić information content (AvgIpc) is 3.32. The van der Waals surface area contributed by atoms with Crippen LogP contribution < -0.4 is 10.6 Å². The minimum Gasteiger partial charge on any atom is -0.383 e. The Morgan fingerprint density at radius 2 is 1.58 bits per heavy atom. The third kappa shape index (κ3) is 4.47. The highest BCUT2D eigenvalue weighted by molar-refractivity contribution is 7.89. The number of rotatable bonds is 8. The number of nitro benzene ring substituents is 1. The first-order valence-corrected chi connectivity index (χ1v) is 11.6. The largest absolute Gasteiger partial charge is 0.383 e. The topological polar surface area (TPSA) is 105 Å². The molecular weight excluding hydrogens is 416 g/mol. The van der Waals surface area contributed by atoms with Gasteiger partial charge in [-0.1, -0.05) is 36.4 Å². The molecule has 3 aromatic carbocycles. The van der Waals surface area contributed by atoms with E-state index >= 15 is 0 Å². The van der Waals surface area contributed by atoms with Gasteiger partial charge < -0.3 is 10.6 Å². The van der Waals surface area contributed by atoms with Gasteiger partial charge in [-0.2, -0.15) is 4.31 Å². The maximum absolute atomic E-state index is 12.7. The Hall–Kier alpha value is -3.17. The number of hydrogen-bond acceptors (Lipinski definition) is 6. The van der Waals surface area contributed by atoms with Crippen LogP contribution in [0.3, 0.4) is 0 Å². The van der Waals surface area contributed by atoms with Crippen molar-refractivity contribution in [3.8, 4) is 0 Å². The molecule has 0 unspecified atom stereocenters. The molecular formula is C22H24N4O4S. The van der Waals surface area contributed by atoms with Gasteiger partial charge in [-0.3, -0.25) is 10.1 Å². The van der Waals surface area contributed by atoms with Crippen LogP contribution in [-0.2, 0) is 10.0 Å². The van der Waals surface area contributed by atoms with Gasteiger partial charge in [0.25, 0.3) is 5.69 Å². The molecule has 1 aliphatic rings. The van der Waals surface area contributed by atoms with Gasteiger partial charge in [0.1, 0.15) is 5.69 Å². The molecule has 1 fully saturated rings. The first-order chi connectivity index (χ1) is 15.0. The van der Waals surface area contributed by atoms with Crippen LogP contribution in [0.5, 0.6) is 0 Å². The van der Waals surface area contributed by atoms with E-state index in [1.807, 2.05) is 42.5 Å². The van der Waals surface area contributed by atoms with Crippen molar-refractivity contribution in [2.24, 2.45) is 0 Å². The summed E-state index contributed by atoms with van der Waals surface area (Å²) >= 11 is 0. The molecule has 3 aromatic rings. The Morgan fingerprint density at radius 3 is 2.32 bits per heavy atom. The van der Waals surface area contributed by atoms with Crippen molar-refractivity contribution in [2.75, 3.05) is 36.8 Å². The minimum atomic E-state index is -3.70. The first kappa shape index (κ1) is 21.1. The van der Waals surface area contributed by atoms with Crippen LogP contribution in [0.15, 0.2) is 65.6 Å². The zero-order valence-corrected chi connectivity index (χ0v) is 17.8. The van der Waals surface area contributed by atoms with Gasteiger partial charge in [-0.25, -0.2) is 8.42 Å². The van der Waals surface area contributed by atoms with Gasteiger partial charge in [0.2, 0.25) is 10.0 Å². The summed E-state index contributed by atoms with van der Waals surface area (Å²) in [7, 11) is -3.70. The Balaban J connectivity index is 1.45. The fourth-order valence-corrected chi connectivity index (χ4v) is 5.36. The van der Waals surface area contributed by atoms with Crippen molar-refractivity contribution in [1.29, 1.82) is 0 Å². The quantitative estimate of drug-likeness (QED) is 0.311. The van der Waals surface area contributed by atoms with E-state index in [1.165, 1.54) is 16.4 Å². The summed E-state index contributed by atoms with van der Waals surface area (Å²) in [4.78, 5) is 11.0. The minimum absolute atomic E-state index is 0.0412. The molecule has 0 spiro atoms. The van der Waals surface area contributed by atoms with Crippen molar-refractivity contribution < 1.29 is 13.3 Å². The monoisotopic (exact) mass is 440 g/mol. The SMILES string of the molecule is O=[N+]([O-])c1cc(S(=O)(=O)N2CCCC2)ccc1NCCNc1cccc2ccccc12. The van der Waals surface area contributed by atoms with E-state index in [0.29, 0.717) is 31.9 Å². The van der Waals surface area contributed by atoms with Gasteiger partial charge in [0.15, 0.2) is 0 Å². The van der Waals surface area contributed by atoms with Crippen molar-refractivity contribution in [1.82, 2.24) is 4.31 Å². The van der Waals surface area contributed by atoms with Crippen LogP contribution in [0.1, 0.15) is 12.8 Å². The fourth-order valence-electron chi connectivity index (χ4n) is 3.82. The van der Waals surface area contributed by atoms with Crippen molar-refractivity contribution in [2.45, 2.75) is 17.7 Å². The summed E-state index contributed by atoms with van der Waals surface area (Å²) in [6, 6.07) is 18.1. The van der Waals surface area contributed by atoms with Gasteiger partial charge in [0, 0.05) is 43.3 Å². The number of sulfonamides is 1. The standard InChI is InChI=1S/C22H24N4O4S/c27-26(28)22-16-18(31(29,30)25-14-3-4-15-25)10-11-21(22)24-13-12-23-20-9-5-7-17-6-1-2-8-19(17)20/h1-2,5-11,16,23-24H,3-4,12-15H2. The molecule has 0 aliphatic carbocycles. The lowest BCUT2D eigenvalue weighted by Gasteiger charge is -2.16. The Bertz CT molecular complexity index is 1200. The van der Waals surface area contributed by atoms with Crippen LogP contribution in [0.4, 0.5) is 17.1 Å². The third-order valence-corrected chi connectivity index (χ3v) is 7.31. The summed E-state index contributed by atoms with van der Waals surface area (Å²) in [6.07, 6.45) is 1.62. The predicted octanol–water partition coefficient (Wildman–Crippen LogP) is 4.06. The Labute approximate surface area is 181 Å². The van der Waals surface area contributed by atoms with Crippen LogP contribution in [-0.4, -0.2) is 43.8 Å². The van der Waals surface area contributed by atoms with Crippen LogP contribution in [0.2, 0.25) is 0 Å². The number of nitro groups is 1. The second kappa shape index (κ2) is 8.91. The number of nitrogens with one attached hydrogen (secondary N) is 2. The van der Waals surface area contributed by atoms with Crippen LogP contribution in [0, 0.1) is 10.1 Å². The number of anilines is 2. The fraction of sp³-hybridized carbons (Fsp3) is 0.273. The lowest BCUT2D eigenvalue weighted by atomic mass is 10.1. The molecule has 1 aliphatic heterocycles. The van der Waals surface area contributed by atoms with Crippen LogP contribution >= 0.6 is 0 Å². The normalized spacial score (nSPS) is 14.6. The van der Waals surface area contributed by atoms with E-state index in [9.17, 15) is 18.5 Å². The molecule has 31 heavy (non-hydrogen) atoms. The van der Waals surface area contributed by atoms with Gasteiger partial charge in [-0.05, 0) is 36.4 Å². The number of fused-ring (bicyclic) bond motifs is 1. The van der Waals surface area contributed by atoms with Crippen molar-refractivity contribution in [3.05, 3.63) is 70.8 Å². The molecule has 0 radical (unpaired) electrons. The first-order valence-electron chi connectivity index (χ1n) is 10.2. The molecule has 0 aromatic heterocycles. The number of benzene rings is 3. The molecule has 0 amide bonds. The molecule has 0 saturated carbocycles. The Kier molecular flexibility index (Phi) is 6.06. The molecule has 1 heterocycles. The highest BCUT2D eigenvalue weighted by atomic mass is 32.2. The smallest absolute Gasteiger partial charge is 0.293 e. The second-order valence-electron chi connectivity index (χ2n) is 7.43. The van der Waals surface area contributed by atoms with E-state index in [1.54, 1.807) is 0 Å². The van der Waals surface area contributed by atoms with E-state index in [0.717, 1.165) is 35.4 Å². The van der Waals surface area contributed by atoms with E-state index in [2.05, 4.69) is 10.6 Å². The zero-order chi connectivity index (χ0) is 21.8. The zero-order valence-electron chi connectivity index (χ0n) is 17.0. The molecule has 1 saturated heterocycles. The highest BCUT2D eigenvalue weighted by Gasteiger charge is 2.29. The summed E-state index contributed by atoms with van der Waals surface area (Å²) in [5, 5.41) is 20.2. The molecule has 8 nitrogen and oxygen atoms in total. The van der Waals surface area contributed by atoms with Gasteiger partial charge >= 0.3 is 0 Å². The van der Waals surface area contributed by atoms with Crippen molar-refractivity contribution >= 4 is 37.9 Å². The number of hydrogen-bond donors (Lipinski definition) is 2. The molecule has 0 bridgehead atoms. The lowest BCUT2D eigenvalue weighted by molar-refractivity contribution is -0.384. The predicted molar refractivity (Wildman–Crippen MR) is 122 cm³/mol. The van der Waals surface area contributed by atoms with E-state index in [-0.39, 0.29) is 10.6 Å². The third-order valence-electron chi connectivity index (χ3n) is 5.41. The maximum atomic E-state index is 12.7. The average molecular weight is 441 g/mol. The van der Waals surface area contributed by atoms with E-state index in [4.69, 9.17) is 0 Å². The summed E-state index contributed by atoms with van der Waals surface area (Å²) in [5.74, 6) is 0. The van der Waals surface area contributed by atoms with Crippen molar-refractivity contribution in [3.63, 3.8) is 0 Å².